The number of hydrogen-bond acceptors (Lipinski definition) is 2. The average Bonchev–Trinajstić information content (AvgIpc) is 2.86. The van der Waals surface area contributed by atoms with E-state index >= 15 is 0 Å². The second-order valence-corrected chi connectivity index (χ2v) is 5.87. The number of carbonyl (C=O) groups is 2. The summed E-state index contributed by atoms with van der Waals surface area (Å²) in [7, 11) is 0. The van der Waals surface area contributed by atoms with Gasteiger partial charge in [0, 0.05) is 6.42 Å². The van der Waals surface area contributed by atoms with Crippen LogP contribution < -0.4 is 0 Å². The van der Waals surface area contributed by atoms with E-state index in [1.165, 1.54) is 19.3 Å². The van der Waals surface area contributed by atoms with Gasteiger partial charge in [0.2, 0.25) is 0 Å². The smallest absolute Gasteiger partial charge is 0.303 e. The average molecular weight is 316 g/mol. The van der Waals surface area contributed by atoms with Gasteiger partial charge in [0.05, 0.1) is 5.92 Å². The van der Waals surface area contributed by atoms with E-state index in [0.29, 0.717) is 6.42 Å². The Morgan fingerprint density at radius 2 is 1.91 bits per heavy atom. The van der Waals surface area contributed by atoms with Crippen LogP contribution in [0.15, 0.2) is 48.1 Å². The van der Waals surface area contributed by atoms with E-state index in [1.54, 1.807) is 6.08 Å². The van der Waals surface area contributed by atoms with Crippen LogP contribution in [-0.2, 0) is 9.59 Å². The van der Waals surface area contributed by atoms with Gasteiger partial charge in [0.15, 0.2) is 5.78 Å². The van der Waals surface area contributed by atoms with E-state index in [4.69, 9.17) is 5.11 Å². The van der Waals surface area contributed by atoms with Gasteiger partial charge in [0.1, 0.15) is 0 Å². The maximum absolute atomic E-state index is 11.9. The maximum Gasteiger partial charge on any atom is 0.303 e. The summed E-state index contributed by atoms with van der Waals surface area (Å²) in [5.41, 5.74) is 1.04. The topological polar surface area (TPSA) is 54.4 Å². The molecular formula is C20H28O3. The van der Waals surface area contributed by atoms with E-state index < -0.39 is 5.97 Å². The fraction of sp³-hybridized carbons (Fsp3) is 0.500. The first kappa shape index (κ1) is 19.1. The van der Waals surface area contributed by atoms with Gasteiger partial charge in [-0.25, -0.2) is 0 Å². The number of carbonyl (C=O) groups excluding carboxylic acids is 1. The Bertz CT molecular complexity index is 495. The Labute approximate surface area is 139 Å². The summed E-state index contributed by atoms with van der Waals surface area (Å²) in [5, 5.41) is 8.57. The molecule has 0 radical (unpaired) electrons. The molecule has 0 aromatic rings. The van der Waals surface area contributed by atoms with Crippen LogP contribution in [-0.4, -0.2) is 16.9 Å². The highest BCUT2D eigenvalue weighted by molar-refractivity contribution is 5.98. The zero-order valence-corrected chi connectivity index (χ0v) is 14.0. The van der Waals surface area contributed by atoms with Gasteiger partial charge < -0.3 is 5.11 Å². The number of carboxylic acids is 1. The van der Waals surface area contributed by atoms with Crippen molar-refractivity contribution in [2.24, 2.45) is 5.92 Å². The van der Waals surface area contributed by atoms with E-state index in [-0.39, 0.29) is 18.1 Å². The van der Waals surface area contributed by atoms with Crippen molar-refractivity contribution in [3.05, 3.63) is 48.1 Å². The fourth-order valence-electron chi connectivity index (χ4n) is 2.51. The molecule has 126 valence electrons. The summed E-state index contributed by atoms with van der Waals surface area (Å²) in [6, 6.07) is 0. The molecule has 1 aliphatic carbocycles. The van der Waals surface area contributed by atoms with E-state index in [2.05, 4.69) is 19.1 Å². The quantitative estimate of drug-likeness (QED) is 0.431. The van der Waals surface area contributed by atoms with Crippen LogP contribution in [0.4, 0.5) is 0 Å². The van der Waals surface area contributed by atoms with Crippen LogP contribution in [0.1, 0.15) is 58.3 Å². The summed E-state index contributed by atoms with van der Waals surface area (Å²) in [4.78, 5) is 22.3. The molecule has 23 heavy (non-hydrogen) atoms. The Morgan fingerprint density at radius 3 is 2.65 bits per heavy atom. The Kier molecular flexibility index (Phi) is 9.69. The van der Waals surface area contributed by atoms with Gasteiger partial charge in [-0.05, 0) is 43.8 Å². The third-order valence-corrected chi connectivity index (χ3v) is 3.88. The highest BCUT2D eigenvalue weighted by Crippen LogP contribution is 2.25. The monoisotopic (exact) mass is 316 g/mol. The predicted octanol–water partition coefficient (Wildman–Crippen LogP) is 5.01. The third kappa shape index (κ3) is 8.34. The molecule has 0 fully saturated rings. The van der Waals surface area contributed by atoms with Crippen molar-refractivity contribution in [2.75, 3.05) is 0 Å². The standard InChI is InChI=1S/C20H28O3/c1-2-3-4-5-6-10-13-18-17(15-16-19(18)21)12-9-7-8-11-14-20(22)23/h6-7,9-10,12,15-16,18H,2-5,8,11,13-14H2,1H3,(H,22,23)/b9-7+,10-6-,17-12-. The Hall–Kier alpha value is -1.90. The van der Waals surface area contributed by atoms with E-state index in [9.17, 15) is 9.59 Å². The van der Waals surface area contributed by atoms with E-state index in [1.807, 2.05) is 24.3 Å². The van der Waals surface area contributed by atoms with Gasteiger partial charge in [-0.1, -0.05) is 56.2 Å². The maximum atomic E-state index is 11.9. The summed E-state index contributed by atoms with van der Waals surface area (Å²) in [6.07, 6.45) is 20.8. The van der Waals surface area contributed by atoms with Gasteiger partial charge in [-0.15, -0.1) is 0 Å². The molecule has 0 saturated carbocycles. The van der Waals surface area contributed by atoms with Crippen molar-refractivity contribution < 1.29 is 14.7 Å². The first-order chi connectivity index (χ1) is 11.1. The minimum Gasteiger partial charge on any atom is -0.481 e. The van der Waals surface area contributed by atoms with Crippen LogP contribution in [0.25, 0.3) is 0 Å². The molecule has 0 heterocycles. The first-order valence-electron chi connectivity index (χ1n) is 8.60. The second-order valence-electron chi connectivity index (χ2n) is 5.87. The van der Waals surface area contributed by atoms with Gasteiger partial charge in [-0.3, -0.25) is 9.59 Å². The Balaban J connectivity index is 2.39. The molecule has 1 aliphatic rings. The summed E-state index contributed by atoms with van der Waals surface area (Å²) >= 11 is 0. The molecule has 0 aliphatic heterocycles. The third-order valence-electron chi connectivity index (χ3n) is 3.88. The molecule has 0 bridgehead atoms. The summed E-state index contributed by atoms with van der Waals surface area (Å²) in [5.74, 6) is -0.637. The van der Waals surface area contributed by atoms with Crippen LogP contribution >= 0.6 is 0 Å². The molecule has 0 aromatic heterocycles. The lowest BCUT2D eigenvalue weighted by Crippen LogP contribution is -2.07. The van der Waals surface area contributed by atoms with Gasteiger partial charge in [0.25, 0.3) is 0 Å². The number of carboxylic acid groups (broad SMARTS) is 1. The van der Waals surface area contributed by atoms with Crippen molar-refractivity contribution >= 4 is 11.8 Å². The zero-order valence-electron chi connectivity index (χ0n) is 14.0. The molecule has 3 nitrogen and oxygen atoms in total. The number of hydrogen-bond donors (Lipinski definition) is 1. The molecule has 1 unspecified atom stereocenters. The van der Waals surface area contributed by atoms with Crippen molar-refractivity contribution in [2.45, 2.75) is 58.3 Å². The molecule has 1 rings (SSSR count). The molecule has 0 spiro atoms. The molecule has 3 heteroatoms. The highest BCUT2D eigenvalue weighted by Gasteiger charge is 2.22. The summed E-state index contributed by atoms with van der Waals surface area (Å²) in [6.45, 7) is 2.19. The molecular weight excluding hydrogens is 288 g/mol. The molecule has 1 atom stereocenters. The predicted molar refractivity (Wildman–Crippen MR) is 94.2 cm³/mol. The Morgan fingerprint density at radius 1 is 1.13 bits per heavy atom. The van der Waals surface area contributed by atoms with Crippen LogP contribution in [0.2, 0.25) is 0 Å². The lowest BCUT2D eigenvalue weighted by atomic mass is 9.96. The van der Waals surface area contributed by atoms with Gasteiger partial charge >= 0.3 is 5.97 Å². The number of rotatable bonds is 11. The molecule has 0 amide bonds. The normalized spacial score (nSPS) is 19.6. The minimum absolute atomic E-state index is 0.0545. The lowest BCUT2D eigenvalue weighted by Gasteiger charge is -2.07. The summed E-state index contributed by atoms with van der Waals surface area (Å²) < 4.78 is 0. The lowest BCUT2D eigenvalue weighted by molar-refractivity contribution is -0.137. The number of unbranched alkanes of at least 4 members (excludes halogenated alkanes) is 4. The van der Waals surface area contributed by atoms with Crippen LogP contribution in [0.5, 0.6) is 0 Å². The van der Waals surface area contributed by atoms with Crippen molar-refractivity contribution in [1.82, 2.24) is 0 Å². The van der Waals surface area contributed by atoms with Crippen LogP contribution in [0, 0.1) is 5.92 Å². The largest absolute Gasteiger partial charge is 0.481 e. The minimum atomic E-state index is -0.758. The van der Waals surface area contributed by atoms with Crippen LogP contribution in [0.3, 0.4) is 0 Å². The highest BCUT2D eigenvalue weighted by atomic mass is 16.4. The van der Waals surface area contributed by atoms with Crippen molar-refractivity contribution in [3.63, 3.8) is 0 Å². The molecule has 1 N–H and O–H groups in total. The first-order valence-corrected chi connectivity index (χ1v) is 8.60. The zero-order chi connectivity index (χ0) is 16.9. The molecule has 0 saturated heterocycles. The second kappa shape index (κ2) is 11.6. The number of allylic oxidation sites excluding steroid dienone is 8. The molecule has 0 aromatic carbocycles. The van der Waals surface area contributed by atoms with Crippen molar-refractivity contribution in [3.8, 4) is 0 Å². The van der Waals surface area contributed by atoms with Crippen molar-refractivity contribution in [1.29, 1.82) is 0 Å². The fourth-order valence-corrected chi connectivity index (χ4v) is 2.51. The number of aliphatic carboxylic acids is 1. The van der Waals surface area contributed by atoms with E-state index in [0.717, 1.165) is 24.8 Å². The van der Waals surface area contributed by atoms with Gasteiger partial charge in [-0.2, -0.15) is 0 Å². The SMILES string of the molecule is CCCCC/C=C\CC1C(=O)C=C/C1=C/C=C/CCCC(=O)O. The number of ketones is 1.